The molecule has 1 atom stereocenters. The lowest BCUT2D eigenvalue weighted by Gasteiger charge is -2.17. The molecule has 0 heterocycles. The summed E-state index contributed by atoms with van der Waals surface area (Å²) in [5.74, 6) is 1.08. The molecule has 2 aromatic rings. The predicted molar refractivity (Wildman–Crippen MR) is 105 cm³/mol. The zero-order valence-electron chi connectivity index (χ0n) is 15.3. The first kappa shape index (κ1) is 19.1. The van der Waals surface area contributed by atoms with Gasteiger partial charge in [-0.1, -0.05) is 12.1 Å². The molecule has 0 spiro atoms. The minimum absolute atomic E-state index is 0.108. The van der Waals surface area contributed by atoms with Crippen molar-refractivity contribution < 1.29 is 19.7 Å². The molecule has 3 rings (SSSR count). The zero-order valence-corrected chi connectivity index (χ0v) is 15.3. The minimum atomic E-state index is -0.691. The van der Waals surface area contributed by atoms with Crippen molar-refractivity contribution in [2.75, 3.05) is 37.8 Å². The topological polar surface area (TPSA) is 123 Å². The maximum atomic E-state index is 10.1. The van der Waals surface area contributed by atoms with Crippen LogP contribution in [0.4, 0.5) is 11.4 Å². The molecule has 0 fully saturated rings. The van der Waals surface area contributed by atoms with Gasteiger partial charge in [0.2, 0.25) is 0 Å². The number of benzene rings is 2. The quantitative estimate of drug-likeness (QED) is 0.333. The minimum Gasteiger partial charge on any atom is -0.504 e. The number of nitrogen functional groups attached to an aromatic ring is 2. The third-order valence-electron chi connectivity index (χ3n) is 4.66. The fraction of sp³-hybridized carbons (Fsp3) is 0.400. The van der Waals surface area contributed by atoms with Crippen LogP contribution in [0.1, 0.15) is 17.5 Å². The standard InChI is InChI=1S/C20H27N3O4/c21-19-15-5-3-4-13(15)10-18(20(19)22)27-12-14(24)11-23-8-9-26-17-7-2-1-6-16(17)25/h1-2,6-7,10,14,23-25H,3-5,8-9,11-12,21-22H2. The first-order chi connectivity index (χ1) is 13.1. The number of aryl methyl sites for hydroxylation is 1. The number of aromatic hydroxyl groups is 1. The van der Waals surface area contributed by atoms with Crippen LogP contribution in [0.15, 0.2) is 30.3 Å². The van der Waals surface area contributed by atoms with E-state index in [1.54, 1.807) is 24.3 Å². The molecule has 27 heavy (non-hydrogen) atoms. The van der Waals surface area contributed by atoms with E-state index in [2.05, 4.69) is 5.32 Å². The molecule has 1 aliphatic carbocycles. The predicted octanol–water partition coefficient (Wildman–Crippen LogP) is 1.45. The molecule has 0 saturated heterocycles. The van der Waals surface area contributed by atoms with Gasteiger partial charge in [-0.3, -0.25) is 0 Å². The van der Waals surface area contributed by atoms with Crippen molar-refractivity contribution in [3.8, 4) is 17.2 Å². The number of hydrogen-bond acceptors (Lipinski definition) is 7. The van der Waals surface area contributed by atoms with Crippen molar-refractivity contribution >= 4 is 11.4 Å². The van der Waals surface area contributed by atoms with E-state index in [4.69, 9.17) is 20.9 Å². The first-order valence-corrected chi connectivity index (χ1v) is 9.18. The molecular formula is C20H27N3O4. The van der Waals surface area contributed by atoms with Crippen LogP contribution in [-0.2, 0) is 12.8 Å². The highest BCUT2D eigenvalue weighted by Crippen LogP contribution is 2.38. The Morgan fingerprint density at radius 2 is 1.89 bits per heavy atom. The Morgan fingerprint density at radius 1 is 1.07 bits per heavy atom. The molecular weight excluding hydrogens is 346 g/mol. The lowest BCUT2D eigenvalue weighted by Crippen LogP contribution is -2.33. The van der Waals surface area contributed by atoms with Crippen molar-refractivity contribution in [1.82, 2.24) is 5.32 Å². The largest absolute Gasteiger partial charge is 0.504 e. The third kappa shape index (κ3) is 4.75. The number of anilines is 2. The van der Waals surface area contributed by atoms with Crippen LogP contribution in [0, 0.1) is 0 Å². The van der Waals surface area contributed by atoms with Crippen molar-refractivity contribution in [3.63, 3.8) is 0 Å². The van der Waals surface area contributed by atoms with Crippen LogP contribution in [0.2, 0.25) is 0 Å². The fourth-order valence-electron chi connectivity index (χ4n) is 3.21. The monoisotopic (exact) mass is 373 g/mol. The molecule has 0 radical (unpaired) electrons. The Hall–Kier alpha value is -2.64. The van der Waals surface area contributed by atoms with E-state index in [1.165, 1.54) is 5.56 Å². The summed E-state index contributed by atoms with van der Waals surface area (Å²) < 4.78 is 11.2. The molecule has 1 unspecified atom stereocenters. The molecule has 7 nitrogen and oxygen atoms in total. The summed E-state index contributed by atoms with van der Waals surface area (Å²) in [4.78, 5) is 0. The molecule has 0 amide bonds. The van der Waals surface area contributed by atoms with E-state index in [9.17, 15) is 10.2 Å². The van der Waals surface area contributed by atoms with E-state index in [-0.39, 0.29) is 12.4 Å². The highest BCUT2D eigenvalue weighted by molar-refractivity contribution is 5.76. The Balaban J connectivity index is 1.38. The van der Waals surface area contributed by atoms with Crippen molar-refractivity contribution in [2.45, 2.75) is 25.4 Å². The summed E-state index contributed by atoms with van der Waals surface area (Å²) >= 11 is 0. The van der Waals surface area contributed by atoms with Gasteiger partial charge < -0.3 is 36.5 Å². The molecule has 2 aromatic carbocycles. The second-order valence-electron chi connectivity index (χ2n) is 6.68. The Labute approximate surface area is 158 Å². The maximum absolute atomic E-state index is 10.1. The van der Waals surface area contributed by atoms with Gasteiger partial charge in [-0.25, -0.2) is 0 Å². The summed E-state index contributed by atoms with van der Waals surface area (Å²) in [6.07, 6.45) is 2.33. The molecule has 0 aliphatic heterocycles. The second-order valence-corrected chi connectivity index (χ2v) is 6.68. The number of aliphatic hydroxyl groups excluding tert-OH is 1. The number of nitrogens with two attached hydrogens (primary N) is 2. The molecule has 146 valence electrons. The second kappa shape index (κ2) is 8.83. The number of aliphatic hydroxyl groups is 1. The van der Waals surface area contributed by atoms with E-state index < -0.39 is 6.10 Å². The Bertz CT molecular complexity index is 782. The average Bonchev–Trinajstić information content (AvgIpc) is 3.13. The third-order valence-corrected chi connectivity index (χ3v) is 4.66. The van der Waals surface area contributed by atoms with E-state index >= 15 is 0 Å². The smallest absolute Gasteiger partial charge is 0.160 e. The van der Waals surface area contributed by atoms with Crippen LogP contribution in [-0.4, -0.2) is 42.6 Å². The van der Waals surface area contributed by atoms with Crippen LogP contribution in [0.5, 0.6) is 17.2 Å². The SMILES string of the molecule is Nc1c(OCC(O)CNCCOc2ccccc2O)cc2c(c1N)CCC2. The van der Waals surface area contributed by atoms with Gasteiger partial charge in [-0.15, -0.1) is 0 Å². The van der Waals surface area contributed by atoms with Crippen LogP contribution < -0.4 is 26.3 Å². The van der Waals surface area contributed by atoms with E-state index in [0.717, 1.165) is 24.8 Å². The zero-order chi connectivity index (χ0) is 19.2. The Morgan fingerprint density at radius 3 is 2.70 bits per heavy atom. The van der Waals surface area contributed by atoms with Crippen molar-refractivity contribution in [2.24, 2.45) is 0 Å². The number of hydrogen-bond donors (Lipinski definition) is 5. The maximum Gasteiger partial charge on any atom is 0.160 e. The van der Waals surface area contributed by atoms with Gasteiger partial charge in [0.15, 0.2) is 11.5 Å². The van der Waals surface area contributed by atoms with Gasteiger partial charge in [0.05, 0.1) is 11.4 Å². The normalized spacial score (nSPS) is 14.0. The van der Waals surface area contributed by atoms with Crippen LogP contribution in [0.25, 0.3) is 0 Å². The van der Waals surface area contributed by atoms with Crippen LogP contribution >= 0.6 is 0 Å². The lowest BCUT2D eigenvalue weighted by molar-refractivity contribution is 0.106. The number of nitrogens with one attached hydrogen (secondary N) is 1. The van der Waals surface area contributed by atoms with E-state index in [0.29, 0.717) is 42.6 Å². The average molecular weight is 373 g/mol. The lowest BCUT2D eigenvalue weighted by atomic mass is 10.1. The Kier molecular flexibility index (Phi) is 6.26. The summed E-state index contributed by atoms with van der Waals surface area (Å²) in [5, 5.41) is 22.8. The number of phenolic OH excluding ortho intramolecular Hbond substituents is 1. The molecule has 7 heteroatoms. The number of fused-ring (bicyclic) bond motifs is 1. The summed E-state index contributed by atoms with van der Waals surface area (Å²) in [6, 6.07) is 8.74. The van der Waals surface area contributed by atoms with Crippen molar-refractivity contribution in [3.05, 3.63) is 41.5 Å². The molecule has 7 N–H and O–H groups in total. The number of para-hydroxylation sites is 2. The van der Waals surface area contributed by atoms with Gasteiger partial charge in [-0.05, 0) is 48.6 Å². The first-order valence-electron chi connectivity index (χ1n) is 9.18. The van der Waals surface area contributed by atoms with Gasteiger partial charge >= 0.3 is 0 Å². The summed E-state index contributed by atoms with van der Waals surface area (Å²) in [6.45, 7) is 1.37. The van der Waals surface area contributed by atoms with Crippen molar-refractivity contribution in [1.29, 1.82) is 0 Å². The van der Waals surface area contributed by atoms with Gasteiger partial charge in [0.1, 0.15) is 25.1 Å². The highest BCUT2D eigenvalue weighted by Gasteiger charge is 2.19. The summed E-state index contributed by atoms with van der Waals surface area (Å²) in [5.41, 5.74) is 15.5. The molecule has 0 saturated carbocycles. The van der Waals surface area contributed by atoms with E-state index in [1.807, 2.05) is 6.07 Å². The summed E-state index contributed by atoms with van der Waals surface area (Å²) in [7, 11) is 0. The van der Waals surface area contributed by atoms with Gasteiger partial charge in [0.25, 0.3) is 0 Å². The number of rotatable bonds is 9. The molecule has 0 aromatic heterocycles. The van der Waals surface area contributed by atoms with Crippen LogP contribution in [0.3, 0.4) is 0 Å². The fourth-order valence-corrected chi connectivity index (χ4v) is 3.21. The molecule has 0 bridgehead atoms. The highest BCUT2D eigenvalue weighted by atomic mass is 16.5. The number of ether oxygens (including phenoxy) is 2. The van der Waals surface area contributed by atoms with Gasteiger partial charge in [0, 0.05) is 13.1 Å². The molecule has 1 aliphatic rings. The number of phenols is 1. The van der Waals surface area contributed by atoms with Gasteiger partial charge in [-0.2, -0.15) is 0 Å².